The summed E-state index contributed by atoms with van der Waals surface area (Å²) in [7, 11) is 0. The van der Waals surface area contributed by atoms with E-state index in [4.69, 9.17) is 4.52 Å². The predicted molar refractivity (Wildman–Crippen MR) is 84.1 cm³/mol. The van der Waals surface area contributed by atoms with Crippen LogP contribution in [0.15, 0.2) is 22.0 Å². The van der Waals surface area contributed by atoms with Gasteiger partial charge in [-0.1, -0.05) is 25.1 Å². The number of carbonyl (C=O) groups excluding carboxylic acids is 3. The molecule has 2 aromatic rings. The predicted octanol–water partition coefficient (Wildman–Crippen LogP) is 1.79. The van der Waals surface area contributed by atoms with Crippen LogP contribution in [0.25, 0.3) is 0 Å². The van der Waals surface area contributed by atoms with Gasteiger partial charge in [0.25, 0.3) is 0 Å². The average molecular weight is 348 g/mol. The van der Waals surface area contributed by atoms with E-state index in [1.165, 1.54) is 11.3 Å². The summed E-state index contributed by atoms with van der Waals surface area (Å²) in [5.74, 6) is -1.01. The van der Waals surface area contributed by atoms with Crippen LogP contribution in [0.2, 0.25) is 0 Å². The fraction of sp³-hybridized carbons (Fsp3) is 0.400. The largest absolute Gasteiger partial charge is 0.339 e. The van der Waals surface area contributed by atoms with Gasteiger partial charge in [-0.3, -0.25) is 14.5 Å². The Balaban J connectivity index is 1.68. The van der Waals surface area contributed by atoms with Crippen molar-refractivity contribution in [3.8, 4) is 0 Å². The number of nitrogens with zero attached hydrogens (tertiary/aromatic N) is 4. The van der Waals surface area contributed by atoms with Crippen molar-refractivity contribution in [3.63, 3.8) is 0 Å². The van der Waals surface area contributed by atoms with Gasteiger partial charge in [-0.2, -0.15) is 4.98 Å². The molecular formula is C15H16N4O4S. The van der Waals surface area contributed by atoms with Gasteiger partial charge in [0.1, 0.15) is 0 Å². The van der Waals surface area contributed by atoms with Crippen LogP contribution >= 0.6 is 11.3 Å². The van der Waals surface area contributed by atoms with Crippen molar-refractivity contribution < 1.29 is 18.9 Å². The van der Waals surface area contributed by atoms with E-state index < -0.39 is 17.8 Å². The number of hydrogen-bond donors (Lipinski definition) is 0. The maximum Gasteiger partial charge on any atom is 0.334 e. The molecule has 1 fully saturated rings. The highest BCUT2D eigenvalue weighted by atomic mass is 32.1. The van der Waals surface area contributed by atoms with Gasteiger partial charge in [0.15, 0.2) is 5.82 Å². The first-order valence-corrected chi connectivity index (χ1v) is 8.37. The van der Waals surface area contributed by atoms with Crippen LogP contribution in [0.4, 0.5) is 4.79 Å². The van der Waals surface area contributed by atoms with Crippen molar-refractivity contribution >= 4 is 29.2 Å². The molecule has 1 saturated heterocycles. The minimum absolute atomic E-state index is 0.0418. The highest BCUT2D eigenvalue weighted by Crippen LogP contribution is 2.18. The molecule has 2 aromatic heterocycles. The Hall–Kier alpha value is -2.55. The maximum atomic E-state index is 12.4. The van der Waals surface area contributed by atoms with E-state index in [1.54, 1.807) is 0 Å². The molecular weight excluding hydrogens is 332 g/mol. The van der Waals surface area contributed by atoms with Crippen molar-refractivity contribution in [2.24, 2.45) is 0 Å². The second-order valence-electron chi connectivity index (χ2n) is 5.66. The summed E-state index contributed by atoms with van der Waals surface area (Å²) in [5.41, 5.74) is 0. The number of thiophene rings is 1. The number of amides is 4. The summed E-state index contributed by atoms with van der Waals surface area (Å²) in [6, 6.07) is 3.17. The summed E-state index contributed by atoms with van der Waals surface area (Å²) in [5, 5.41) is 5.67. The van der Waals surface area contributed by atoms with Gasteiger partial charge >= 0.3 is 17.8 Å². The molecule has 8 nitrogen and oxygen atoms in total. The lowest BCUT2D eigenvalue weighted by Gasteiger charge is -2.13. The first kappa shape index (κ1) is 16.3. The summed E-state index contributed by atoms with van der Waals surface area (Å²) >= 11 is 1.54. The third-order valence-electron chi connectivity index (χ3n) is 3.57. The van der Waals surface area contributed by atoms with Gasteiger partial charge in [-0.25, -0.2) is 9.69 Å². The lowest BCUT2D eigenvalue weighted by molar-refractivity contribution is -0.143. The Morgan fingerprint density at radius 1 is 1.21 bits per heavy atom. The van der Waals surface area contributed by atoms with Crippen LogP contribution in [0, 0.1) is 0 Å². The fourth-order valence-corrected chi connectivity index (χ4v) is 2.97. The first-order valence-electron chi connectivity index (χ1n) is 7.49. The molecule has 126 valence electrons. The third-order valence-corrected chi connectivity index (χ3v) is 4.51. The van der Waals surface area contributed by atoms with Crippen LogP contribution in [-0.4, -0.2) is 44.3 Å². The second kappa shape index (κ2) is 6.52. The zero-order valence-electron chi connectivity index (χ0n) is 13.3. The average Bonchev–Trinajstić information content (AvgIpc) is 3.26. The van der Waals surface area contributed by atoms with Crippen LogP contribution in [-0.2, 0) is 22.6 Å². The molecule has 0 saturated carbocycles. The normalized spacial score (nSPS) is 15.2. The van der Waals surface area contributed by atoms with E-state index in [2.05, 4.69) is 10.1 Å². The maximum absolute atomic E-state index is 12.4. The number of imide groups is 2. The monoisotopic (exact) mass is 348 g/mol. The second-order valence-corrected chi connectivity index (χ2v) is 6.70. The molecule has 1 aliphatic heterocycles. The van der Waals surface area contributed by atoms with Gasteiger partial charge in [0.05, 0.1) is 6.54 Å². The van der Waals surface area contributed by atoms with Crippen molar-refractivity contribution in [1.29, 1.82) is 0 Å². The summed E-state index contributed by atoms with van der Waals surface area (Å²) < 4.78 is 5.05. The van der Waals surface area contributed by atoms with E-state index in [0.717, 1.165) is 14.7 Å². The molecule has 0 N–H and O–H groups in total. The van der Waals surface area contributed by atoms with Crippen molar-refractivity contribution in [3.05, 3.63) is 34.1 Å². The molecule has 0 aliphatic carbocycles. The molecule has 4 amide bonds. The number of urea groups is 1. The molecule has 0 spiro atoms. The van der Waals surface area contributed by atoms with Crippen LogP contribution in [0.3, 0.4) is 0 Å². The zero-order valence-corrected chi connectivity index (χ0v) is 14.1. The fourth-order valence-electron chi connectivity index (χ4n) is 2.27. The molecule has 0 aromatic carbocycles. The molecule has 0 radical (unpaired) electrons. The number of hydrogen-bond acceptors (Lipinski definition) is 7. The van der Waals surface area contributed by atoms with Gasteiger partial charge < -0.3 is 4.52 Å². The minimum atomic E-state index is -0.859. The molecule has 0 bridgehead atoms. The third kappa shape index (κ3) is 3.07. The van der Waals surface area contributed by atoms with Crippen molar-refractivity contribution in [2.75, 3.05) is 6.54 Å². The Morgan fingerprint density at radius 2 is 1.96 bits per heavy atom. The Bertz CT molecular complexity index is 768. The lowest BCUT2D eigenvalue weighted by atomic mass is 10.2. The standard InChI is InChI=1S/C15H16N4O4S/c1-9(2)12-16-11(17-23-12)8-19-14(21)13(20)18(15(19)22)6-5-10-4-3-7-24-10/h3-4,7,9H,5-6,8H2,1-2H3. The van der Waals surface area contributed by atoms with Crippen molar-refractivity contribution in [1.82, 2.24) is 19.9 Å². The van der Waals surface area contributed by atoms with Crippen LogP contribution < -0.4 is 0 Å². The quantitative estimate of drug-likeness (QED) is 0.583. The molecule has 9 heteroatoms. The molecule has 3 heterocycles. The Morgan fingerprint density at radius 3 is 2.58 bits per heavy atom. The minimum Gasteiger partial charge on any atom is -0.339 e. The topological polar surface area (TPSA) is 96.6 Å². The Labute approximate surface area is 142 Å². The summed E-state index contributed by atoms with van der Waals surface area (Å²) in [4.78, 5) is 43.4. The van der Waals surface area contributed by atoms with Crippen LogP contribution in [0.5, 0.6) is 0 Å². The van der Waals surface area contributed by atoms with E-state index in [9.17, 15) is 14.4 Å². The van der Waals surface area contributed by atoms with Gasteiger partial charge in [-0.15, -0.1) is 11.3 Å². The van der Waals surface area contributed by atoms with E-state index >= 15 is 0 Å². The van der Waals surface area contributed by atoms with E-state index in [0.29, 0.717) is 12.3 Å². The molecule has 24 heavy (non-hydrogen) atoms. The number of rotatable bonds is 6. The molecule has 0 atom stereocenters. The zero-order chi connectivity index (χ0) is 17.3. The van der Waals surface area contributed by atoms with Gasteiger partial charge in [0.2, 0.25) is 5.89 Å². The SMILES string of the molecule is CC(C)c1nc(CN2C(=O)C(=O)N(CCc3cccs3)C2=O)no1. The highest BCUT2D eigenvalue weighted by Gasteiger charge is 2.44. The smallest absolute Gasteiger partial charge is 0.334 e. The van der Waals surface area contributed by atoms with E-state index in [1.807, 2.05) is 31.4 Å². The van der Waals surface area contributed by atoms with E-state index in [-0.39, 0.29) is 24.8 Å². The number of carbonyl (C=O) groups is 3. The van der Waals surface area contributed by atoms with Gasteiger partial charge in [-0.05, 0) is 11.4 Å². The van der Waals surface area contributed by atoms with Gasteiger partial charge in [0, 0.05) is 23.8 Å². The highest BCUT2D eigenvalue weighted by molar-refractivity contribution is 7.09. The van der Waals surface area contributed by atoms with Crippen LogP contribution in [0.1, 0.15) is 36.4 Å². The lowest BCUT2D eigenvalue weighted by Crippen LogP contribution is -2.34. The molecule has 3 rings (SSSR count). The number of aromatic nitrogens is 2. The molecule has 0 unspecified atom stereocenters. The van der Waals surface area contributed by atoms with Crippen molar-refractivity contribution in [2.45, 2.75) is 32.7 Å². The first-order chi connectivity index (χ1) is 11.5. The Kier molecular flexibility index (Phi) is 4.43. The summed E-state index contributed by atoms with van der Waals surface area (Å²) in [6.45, 7) is 3.78. The molecule has 1 aliphatic rings. The summed E-state index contributed by atoms with van der Waals surface area (Å²) in [6.07, 6.45) is 0.524.